The molecule has 2 rings (SSSR count). The molecule has 0 fully saturated rings. The van der Waals surface area contributed by atoms with Crippen molar-refractivity contribution in [2.75, 3.05) is 13.1 Å². The summed E-state index contributed by atoms with van der Waals surface area (Å²) in [5, 5.41) is 1.10. The summed E-state index contributed by atoms with van der Waals surface area (Å²) in [7, 11) is 0.790. The molecule has 0 aliphatic carbocycles. The van der Waals surface area contributed by atoms with Gasteiger partial charge in [0, 0.05) is 24.5 Å². The van der Waals surface area contributed by atoms with E-state index in [1.807, 2.05) is 17.4 Å². The van der Waals surface area contributed by atoms with Crippen molar-refractivity contribution in [3.8, 4) is 5.06 Å². The van der Waals surface area contributed by atoms with Gasteiger partial charge in [-0.2, -0.15) is 0 Å². The highest BCUT2D eigenvalue weighted by Gasteiger charge is 2.18. The van der Waals surface area contributed by atoms with E-state index < -0.39 is 0 Å². The molecule has 0 bridgehead atoms. The second-order valence-electron chi connectivity index (χ2n) is 3.49. The molecule has 1 aliphatic rings. The predicted octanol–water partition coefficient (Wildman–Crippen LogP) is 0.951. The number of hydrogen-bond donors (Lipinski definition) is 0. The first-order valence-electron chi connectivity index (χ1n) is 4.82. The number of nitrogens with zero attached hydrogens (tertiary/aromatic N) is 1. The number of thiophene rings is 1. The third kappa shape index (κ3) is 1.92. The zero-order valence-electron chi connectivity index (χ0n) is 8.45. The Bertz CT molecular complexity index is 337. The predicted molar refractivity (Wildman–Crippen MR) is 64.1 cm³/mol. The van der Waals surface area contributed by atoms with Crippen LogP contribution in [0.25, 0.3) is 0 Å². The van der Waals surface area contributed by atoms with Crippen LogP contribution in [0.3, 0.4) is 0 Å². The SMILES string of the molecule is C=CCN1CCc2sc(O[SiH3])cc2C1. The molecule has 0 aromatic carbocycles. The summed E-state index contributed by atoms with van der Waals surface area (Å²) in [6.45, 7) is 6.98. The third-order valence-corrected chi connectivity index (χ3v) is 4.45. The number of hydrogen-bond acceptors (Lipinski definition) is 3. The maximum Gasteiger partial charge on any atom is 0.205 e. The van der Waals surface area contributed by atoms with Crippen molar-refractivity contribution in [1.29, 1.82) is 0 Å². The highest BCUT2D eigenvalue weighted by Crippen LogP contribution is 2.32. The first-order valence-corrected chi connectivity index (χ1v) is 6.45. The summed E-state index contributed by atoms with van der Waals surface area (Å²) in [5.74, 6) is 0. The summed E-state index contributed by atoms with van der Waals surface area (Å²) >= 11 is 1.82. The van der Waals surface area contributed by atoms with Gasteiger partial charge in [-0.25, -0.2) is 0 Å². The Labute approximate surface area is 91.7 Å². The monoisotopic (exact) mass is 225 g/mol. The second-order valence-corrected chi connectivity index (χ2v) is 5.00. The van der Waals surface area contributed by atoms with Crippen molar-refractivity contribution >= 4 is 21.8 Å². The van der Waals surface area contributed by atoms with Gasteiger partial charge >= 0.3 is 0 Å². The van der Waals surface area contributed by atoms with Gasteiger partial charge in [0.2, 0.25) is 10.5 Å². The van der Waals surface area contributed by atoms with Crippen molar-refractivity contribution in [3.63, 3.8) is 0 Å². The van der Waals surface area contributed by atoms with E-state index in [1.54, 1.807) is 0 Å². The quantitative estimate of drug-likeness (QED) is 0.561. The third-order valence-electron chi connectivity index (χ3n) is 2.51. The zero-order valence-corrected chi connectivity index (χ0v) is 11.3. The average Bonchev–Trinajstić information content (AvgIpc) is 2.60. The summed E-state index contributed by atoms with van der Waals surface area (Å²) in [6.07, 6.45) is 3.14. The average molecular weight is 225 g/mol. The molecule has 76 valence electrons. The molecule has 0 radical (unpaired) electrons. The van der Waals surface area contributed by atoms with Gasteiger partial charge in [0.05, 0.1) is 0 Å². The van der Waals surface area contributed by atoms with Crippen molar-refractivity contribution in [3.05, 3.63) is 29.2 Å². The Morgan fingerprint density at radius 2 is 2.57 bits per heavy atom. The largest absolute Gasteiger partial charge is 0.546 e. The van der Waals surface area contributed by atoms with Crippen LogP contribution in [-0.2, 0) is 13.0 Å². The van der Waals surface area contributed by atoms with Crippen molar-refractivity contribution in [1.82, 2.24) is 4.90 Å². The van der Waals surface area contributed by atoms with E-state index in [1.165, 1.54) is 16.9 Å². The van der Waals surface area contributed by atoms with Crippen molar-refractivity contribution < 1.29 is 4.43 Å². The van der Waals surface area contributed by atoms with E-state index in [9.17, 15) is 0 Å². The van der Waals surface area contributed by atoms with Gasteiger partial charge in [-0.15, -0.1) is 17.9 Å². The Hall–Kier alpha value is -0.583. The van der Waals surface area contributed by atoms with Crippen LogP contribution in [0.15, 0.2) is 18.7 Å². The Morgan fingerprint density at radius 1 is 1.71 bits per heavy atom. The van der Waals surface area contributed by atoms with Crippen molar-refractivity contribution in [2.45, 2.75) is 13.0 Å². The molecular formula is C10H15NOSSi. The van der Waals surface area contributed by atoms with Crippen LogP contribution >= 0.6 is 11.3 Å². The molecule has 0 saturated carbocycles. The molecule has 2 nitrogen and oxygen atoms in total. The lowest BCUT2D eigenvalue weighted by Crippen LogP contribution is -2.29. The van der Waals surface area contributed by atoms with Crippen LogP contribution < -0.4 is 4.43 Å². The fourth-order valence-corrected chi connectivity index (χ4v) is 3.15. The van der Waals surface area contributed by atoms with Crippen molar-refractivity contribution in [2.24, 2.45) is 0 Å². The molecule has 4 heteroatoms. The molecule has 0 unspecified atom stereocenters. The van der Waals surface area contributed by atoms with E-state index in [0.29, 0.717) is 0 Å². The normalized spacial score (nSPS) is 16.6. The minimum Gasteiger partial charge on any atom is -0.546 e. The first-order chi connectivity index (χ1) is 6.83. The van der Waals surface area contributed by atoms with Crippen LogP contribution in [-0.4, -0.2) is 28.5 Å². The Balaban J connectivity index is 2.13. The van der Waals surface area contributed by atoms with Gasteiger partial charge in [0.1, 0.15) is 0 Å². The van der Waals surface area contributed by atoms with E-state index in [-0.39, 0.29) is 0 Å². The summed E-state index contributed by atoms with van der Waals surface area (Å²) in [6, 6.07) is 2.20. The van der Waals surface area contributed by atoms with Gasteiger partial charge in [-0.05, 0) is 18.1 Å². The summed E-state index contributed by atoms with van der Waals surface area (Å²) < 4.78 is 5.38. The van der Waals surface area contributed by atoms with Gasteiger partial charge in [-0.1, -0.05) is 6.08 Å². The van der Waals surface area contributed by atoms with Gasteiger partial charge in [-0.3, -0.25) is 4.90 Å². The Morgan fingerprint density at radius 3 is 3.29 bits per heavy atom. The van der Waals surface area contributed by atoms with E-state index in [2.05, 4.69) is 17.5 Å². The van der Waals surface area contributed by atoms with Gasteiger partial charge in [0.25, 0.3) is 0 Å². The first kappa shape index (κ1) is 9.95. The Kier molecular flexibility index (Phi) is 3.05. The lowest BCUT2D eigenvalue weighted by Gasteiger charge is -2.24. The molecular weight excluding hydrogens is 210 g/mol. The molecule has 2 heterocycles. The highest BCUT2D eigenvalue weighted by atomic mass is 32.1. The topological polar surface area (TPSA) is 12.5 Å². The second kappa shape index (κ2) is 4.29. The van der Waals surface area contributed by atoms with Crippen LogP contribution in [0, 0.1) is 0 Å². The zero-order chi connectivity index (χ0) is 9.97. The fraction of sp³-hybridized carbons (Fsp3) is 0.400. The molecule has 1 aliphatic heterocycles. The van der Waals surface area contributed by atoms with E-state index >= 15 is 0 Å². The maximum atomic E-state index is 5.38. The molecule has 14 heavy (non-hydrogen) atoms. The fourth-order valence-electron chi connectivity index (χ4n) is 1.80. The molecule has 1 aromatic rings. The van der Waals surface area contributed by atoms with Crippen LogP contribution in [0.1, 0.15) is 10.4 Å². The number of fused-ring (bicyclic) bond motifs is 1. The molecule has 1 aromatic heterocycles. The number of rotatable bonds is 3. The smallest absolute Gasteiger partial charge is 0.205 e. The van der Waals surface area contributed by atoms with Crippen LogP contribution in [0.2, 0.25) is 0 Å². The van der Waals surface area contributed by atoms with E-state index in [4.69, 9.17) is 4.43 Å². The molecule has 0 N–H and O–H groups in total. The maximum absolute atomic E-state index is 5.38. The lowest BCUT2D eigenvalue weighted by atomic mass is 10.1. The van der Waals surface area contributed by atoms with Gasteiger partial charge in [0.15, 0.2) is 5.06 Å². The molecule has 0 atom stereocenters. The van der Waals surface area contributed by atoms with Crippen LogP contribution in [0.4, 0.5) is 0 Å². The van der Waals surface area contributed by atoms with E-state index in [0.717, 1.165) is 35.2 Å². The highest BCUT2D eigenvalue weighted by molar-refractivity contribution is 7.14. The van der Waals surface area contributed by atoms with Crippen LogP contribution in [0.5, 0.6) is 5.06 Å². The summed E-state index contributed by atoms with van der Waals surface area (Å²) in [5.41, 5.74) is 1.45. The minimum atomic E-state index is 0.790. The summed E-state index contributed by atoms with van der Waals surface area (Å²) in [4.78, 5) is 3.93. The minimum absolute atomic E-state index is 0.790. The molecule has 0 amide bonds. The molecule has 0 spiro atoms. The molecule has 0 saturated heterocycles. The lowest BCUT2D eigenvalue weighted by molar-refractivity contribution is 0.284. The van der Waals surface area contributed by atoms with Gasteiger partial charge < -0.3 is 4.43 Å². The standard InChI is InChI=1S/C10H15NOSSi/c1-2-4-11-5-3-9-8(7-11)6-10(12-14)13-9/h2,6H,1,3-5,7H2,14H3.